The maximum atomic E-state index is 12.7. The minimum absolute atomic E-state index is 0.305. The maximum Gasteiger partial charge on any atom is 0.340 e. The summed E-state index contributed by atoms with van der Waals surface area (Å²) in [6.45, 7) is 1.45. The summed E-state index contributed by atoms with van der Waals surface area (Å²) in [5, 5.41) is 7.12. The SMILES string of the molecule is CCOC(=O)c1ccc(CF)c2cn[nH]c12. The van der Waals surface area contributed by atoms with Crippen molar-refractivity contribution in [1.29, 1.82) is 0 Å². The lowest BCUT2D eigenvalue weighted by atomic mass is 10.1. The number of alkyl halides is 1. The number of aromatic amines is 1. The lowest BCUT2D eigenvalue weighted by Gasteiger charge is -2.04. The lowest BCUT2D eigenvalue weighted by Crippen LogP contribution is -2.05. The van der Waals surface area contributed by atoms with Crippen molar-refractivity contribution in [3.05, 3.63) is 29.5 Å². The normalized spacial score (nSPS) is 10.6. The van der Waals surface area contributed by atoms with Crippen molar-refractivity contribution >= 4 is 16.9 Å². The van der Waals surface area contributed by atoms with Gasteiger partial charge in [-0.2, -0.15) is 5.10 Å². The molecule has 0 amide bonds. The van der Waals surface area contributed by atoms with Gasteiger partial charge in [-0.05, 0) is 18.6 Å². The quantitative estimate of drug-likeness (QED) is 0.810. The topological polar surface area (TPSA) is 55.0 Å². The molecule has 2 aromatic rings. The number of nitrogens with zero attached hydrogens (tertiary/aromatic N) is 1. The van der Waals surface area contributed by atoms with Gasteiger partial charge in [0.2, 0.25) is 0 Å². The number of rotatable bonds is 3. The molecule has 1 heterocycles. The number of carbonyl (C=O) groups is 1. The van der Waals surface area contributed by atoms with E-state index in [0.29, 0.717) is 28.6 Å². The summed E-state index contributed by atoms with van der Waals surface area (Å²) in [5.74, 6) is -0.429. The van der Waals surface area contributed by atoms with Crippen molar-refractivity contribution in [2.24, 2.45) is 0 Å². The fourth-order valence-electron chi connectivity index (χ4n) is 1.59. The highest BCUT2D eigenvalue weighted by atomic mass is 19.1. The Bertz CT molecular complexity index is 522. The molecule has 1 aromatic carbocycles. The van der Waals surface area contributed by atoms with Crippen LogP contribution in [-0.4, -0.2) is 22.8 Å². The van der Waals surface area contributed by atoms with Crippen molar-refractivity contribution in [3.63, 3.8) is 0 Å². The molecule has 84 valence electrons. The molecular weight excluding hydrogens is 211 g/mol. The van der Waals surface area contributed by atoms with Gasteiger partial charge in [0.25, 0.3) is 0 Å². The second-order valence-electron chi connectivity index (χ2n) is 3.29. The largest absolute Gasteiger partial charge is 0.462 e. The zero-order valence-electron chi connectivity index (χ0n) is 8.79. The maximum absolute atomic E-state index is 12.7. The zero-order valence-corrected chi connectivity index (χ0v) is 8.79. The van der Waals surface area contributed by atoms with Gasteiger partial charge >= 0.3 is 5.97 Å². The number of nitrogens with one attached hydrogen (secondary N) is 1. The summed E-state index contributed by atoms with van der Waals surface area (Å²) in [4.78, 5) is 11.6. The summed E-state index contributed by atoms with van der Waals surface area (Å²) in [7, 11) is 0. The van der Waals surface area contributed by atoms with Gasteiger partial charge in [-0.3, -0.25) is 5.10 Å². The summed E-state index contributed by atoms with van der Waals surface area (Å²) in [6, 6.07) is 3.12. The van der Waals surface area contributed by atoms with Crippen molar-refractivity contribution in [3.8, 4) is 0 Å². The molecule has 16 heavy (non-hydrogen) atoms. The monoisotopic (exact) mass is 222 g/mol. The zero-order chi connectivity index (χ0) is 11.5. The molecule has 0 fully saturated rings. The van der Waals surface area contributed by atoms with Gasteiger partial charge in [0.15, 0.2) is 0 Å². The molecule has 0 unspecified atom stereocenters. The van der Waals surface area contributed by atoms with Gasteiger partial charge < -0.3 is 4.74 Å². The number of H-pyrrole nitrogens is 1. The van der Waals surface area contributed by atoms with E-state index in [4.69, 9.17) is 4.74 Å². The Labute approximate surface area is 91.4 Å². The fourth-order valence-corrected chi connectivity index (χ4v) is 1.59. The summed E-state index contributed by atoms with van der Waals surface area (Å²) in [6.07, 6.45) is 1.51. The number of aromatic nitrogens is 2. The Balaban J connectivity index is 2.55. The van der Waals surface area contributed by atoms with E-state index in [2.05, 4.69) is 10.2 Å². The number of hydrogen-bond donors (Lipinski definition) is 1. The predicted octanol–water partition coefficient (Wildman–Crippen LogP) is 2.21. The fraction of sp³-hybridized carbons (Fsp3) is 0.273. The van der Waals surface area contributed by atoms with Gasteiger partial charge in [0, 0.05) is 5.39 Å². The number of hydrogen-bond acceptors (Lipinski definition) is 3. The number of benzene rings is 1. The number of halogens is 1. The molecular formula is C11H11FN2O2. The van der Waals surface area contributed by atoms with Crippen LogP contribution in [0.15, 0.2) is 18.3 Å². The van der Waals surface area contributed by atoms with Crippen molar-refractivity contribution in [2.45, 2.75) is 13.6 Å². The van der Waals surface area contributed by atoms with Crippen LogP contribution in [0.25, 0.3) is 10.9 Å². The summed E-state index contributed by atoms with van der Waals surface area (Å²) in [5.41, 5.74) is 1.41. The van der Waals surface area contributed by atoms with E-state index in [1.165, 1.54) is 6.20 Å². The first-order valence-electron chi connectivity index (χ1n) is 4.96. The average molecular weight is 222 g/mol. The smallest absolute Gasteiger partial charge is 0.340 e. The molecule has 1 N–H and O–H groups in total. The summed E-state index contributed by atoms with van der Waals surface area (Å²) < 4.78 is 17.6. The van der Waals surface area contributed by atoms with Crippen LogP contribution in [0.3, 0.4) is 0 Å². The Morgan fingerprint density at radius 1 is 1.56 bits per heavy atom. The van der Waals surface area contributed by atoms with Crippen LogP contribution in [0.1, 0.15) is 22.8 Å². The molecule has 0 aliphatic heterocycles. The molecule has 0 aliphatic rings. The van der Waals surface area contributed by atoms with Gasteiger partial charge in [-0.1, -0.05) is 6.07 Å². The van der Waals surface area contributed by atoms with Gasteiger partial charge in [0.1, 0.15) is 6.67 Å². The molecule has 0 aliphatic carbocycles. The Hall–Kier alpha value is -1.91. The van der Waals surface area contributed by atoms with Gasteiger partial charge in [0.05, 0.1) is 23.9 Å². The van der Waals surface area contributed by atoms with E-state index in [9.17, 15) is 9.18 Å². The molecule has 0 spiro atoms. The lowest BCUT2D eigenvalue weighted by molar-refractivity contribution is 0.0528. The van der Waals surface area contributed by atoms with Crippen LogP contribution in [0, 0.1) is 0 Å². The molecule has 0 saturated heterocycles. The number of fused-ring (bicyclic) bond motifs is 1. The highest BCUT2D eigenvalue weighted by Gasteiger charge is 2.14. The highest BCUT2D eigenvalue weighted by Crippen LogP contribution is 2.22. The molecule has 0 radical (unpaired) electrons. The van der Waals surface area contributed by atoms with Crippen LogP contribution in [0.2, 0.25) is 0 Å². The average Bonchev–Trinajstić information content (AvgIpc) is 2.76. The minimum Gasteiger partial charge on any atom is -0.462 e. The van der Waals surface area contributed by atoms with Gasteiger partial charge in [-0.25, -0.2) is 9.18 Å². The van der Waals surface area contributed by atoms with E-state index >= 15 is 0 Å². The third-order valence-corrected chi connectivity index (χ3v) is 2.35. The molecule has 1 aromatic heterocycles. The van der Waals surface area contributed by atoms with Crippen LogP contribution in [-0.2, 0) is 11.4 Å². The molecule has 2 rings (SSSR count). The van der Waals surface area contributed by atoms with E-state index < -0.39 is 12.6 Å². The first kappa shape index (κ1) is 10.6. The van der Waals surface area contributed by atoms with Crippen molar-refractivity contribution in [1.82, 2.24) is 10.2 Å². The Kier molecular flexibility index (Phi) is 2.85. The van der Waals surface area contributed by atoms with Crippen LogP contribution < -0.4 is 0 Å². The van der Waals surface area contributed by atoms with E-state index in [0.717, 1.165) is 0 Å². The minimum atomic E-state index is -0.584. The molecule has 0 saturated carbocycles. The van der Waals surface area contributed by atoms with Crippen LogP contribution >= 0.6 is 0 Å². The predicted molar refractivity (Wildman–Crippen MR) is 56.9 cm³/mol. The van der Waals surface area contributed by atoms with Crippen molar-refractivity contribution in [2.75, 3.05) is 6.61 Å². The second kappa shape index (κ2) is 4.30. The van der Waals surface area contributed by atoms with Crippen LogP contribution in [0.4, 0.5) is 4.39 Å². The highest BCUT2D eigenvalue weighted by molar-refractivity contribution is 6.03. The first-order chi connectivity index (χ1) is 7.77. The third-order valence-electron chi connectivity index (χ3n) is 2.35. The van der Waals surface area contributed by atoms with Crippen LogP contribution in [0.5, 0.6) is 0 Å². The molecule has 0 atom stereocenters. The van der Waals surface area contributed by atoms with E-state index in [1.54, 1.807) is 19.1 Å². The van der Waals surface area contributed by atoms with E-state index in [-0.39, 0.29) is 0 Å². The summed E-state index contributed by atoms with van der Waals surface area (Å²) >= 11 is 0. The number of carbonyl (C=O) groups excluding carboxylic acids is 1. The second-order valence-corrected chi connectivity index (χ2v) is 3.29. The molecule has 0 bridgehead atoms. The molecule has 4 nitrogen and oxygen atoms in total. The first-order valence-corrected chi connectivity index (χ1v) is 4.96. The number of esters is 1. The van der Waals surface area contributed by atoms with E-state index in [1.807, 2.05) is 0 Å². The standard InChI is InChI=1S/C11H11FN2O2/c1-2-16-11(15)8-4-3-7(5-12)9-6-13-14-10(8)9/h3-4,6H,2,5H2,1H3,(H,13,14). The van der Waals surface area contributed by atoms with Crippen molar-refractivity contribution < 1.29 is 13.9 Å². The molecule has 5 heteroatoms. The van der Waals surface area contributed by atoms with Gasteiger partial charge in [-0.15, -0.1) is 0 Å². The number of ether oxygens (including phenoxy) is 1. The Morgan fingerprint density at radius 2 is 2.38 bits per heavy atom. The Morgan fingerprint density at radius 3 is 3.06 bits per heavy atom. The third kappa shape index (κ3) is 1.64.